The maximum Gasteiger partial charge on any atom is 0.264 e. The molecule has 0 bridgehead atoms. The van der Waals surface area contributed by atoms with Gasteiger partial charge in [-0.05, 0) is 35.7 Å². The molecule has 1 saturated heterocycles. The van der Waals surface area contributed by atoms with Gasteiger partial charge >= 0.3 is 0 Å². The molecule has 1 aromatic heterocycles. The Balaban J connectivity index is 1.60. The minimum Gasteiger partial charge on any atom is -0.378 e. The highest BCUT2D eigenvalue weighted by Crippen LogP contribution is 2.17. The van der Waals surface area contributed by atoms with E-state index in [9.17, 15) is 9.59 Å². The summed E-state index contributed by atoms with van der Waals surface area (Å²) in [4.78, 5) is 31.3. The van der Waals surface area contributed by atoms with E-state index < -0.39 is 0 Å². The Morgan fingerprint density at radius 3 is 2.00 bits per heavy atom. The van der Waals surface area contributed by atoms with Crippen molar-refractivity contribution >= 4 is 28.8 Å². The van der Waals surface area contributed by atoms with Gasteiger partial charge in [-0.1, -0.05) is 6.07 Å². The molecule has 2 amide bonds. The number of carbonyl (C=O) groups is 2. The lowest BCUT2D eigenvalue weighted by Gasteiger charge is -2.34. The first-order valence-electron chi connectivity index (χ1n) is 7.95. The number of nitrogens with zero attached hydrogens (tertiary/aromatic N) is 3. The first-order valence-corrected chi connectivity index (χ1v) is 8.83. The average Bonchev–Trinajstić information content (AvgIpc) is 3.15. The number of carbonyl (C=O) groups excluding carboxylic acids is 2. The van der Waals surface area contributed by atoms with Crippen molar-refractivity contribution in [3.05, 3.63) is 52.2 Å². The van der Waals surface area contributed by atoms with Crippen molar-refractivity contribution < 1.29 is 9.59 Å². The standard InChI is InChI=1S/C18H21N3O2S/c1-19(2)15-7-5-14(6-8-15)17(22)20-9-11-21(12-10-20)18(23)16-4-3-13-24-16/h3-8,13H,9-12H2,1-2H3. The highest BCUT2D eigenvalue weighted by molar-refractivity contribution is 7.12. The zero-order chi connectivity index (χ0) is 17.1. The maximum absolute atomic E-state index is 12.6. The third kappa shape index (κ3) is 3.43. The highest BCUT2D eigenvalue weighted by Gasteiger charge is 2.25. The second-order valence-corrected chi connectivity index (χ2v) is 6.95. The van der Waals surface area contributed by atoms with Gasteiger partial charge in [-0.2, -0.15) is 0 Å². The summed E-state index contributed by atoms with van der Waals surface area (Å²) in [6.45, 7) is 2.31. The lowest BCUT2D eigenvalue weighted by Crippen LogP contribution is -2.50. The van der Waals surface area contributed by atoms with Crippen molar-refractivity contribution in [3.63, 3.8) is 0 Å². The summed E-state index contributed by atoms with van der Waals surface area (Å²) in [5.41, 5.74) is 1.76. The molecule has 5 nitrogen and oxygen atoms in total. The molecule has 1 aliphatic heterocycles. The van der Waals surface area contributed by atoms with Crippen LogP contribution in [0.15, 0.2) is 41.8 Å². The van der Waals surface area contributed by atoms with Crippen molar-refractivity contribution in [3.8, 4) is 0 Å². The van der Waals surface area contributed by atoms with Crippen LogP contribution >= 0.6 is 11.3 Å². The topological polar surface area (TPSA) is 43.9 Å². The highest BCUT2D eigenvalue weighted by atomic mass is 32.1. The second-order valence-electron chi connectivity index (χ2n) is 6.00. The zero-order valence-corrected chi connectivity index (χ0v) is 14.8. The number of benzene rings is 1. The van der Waals surface area contributed by atoms with Crippen LogP contribution in [0.4, 0.5) is 5.69 Å². The summed E-state index contributed by atoms with van der Waals surface area (Å²) in [6.07, 6.45) is 0. The third-order valence-electron chi connectivity index (χ3n) is 4.22. The average molecular weight is 343 g/mol. The molecule has 0 radical (unpaired) electrons. The van der Waals surface area contributed by atoms with Crippen LogP contribution in [0.3, 0.4) is 0 Å². The maximum atomic E-state index is 12.6. The van der Waals surface area contributed by atoms with Crippen LogP contribution in [0.25, 0.3) is 0 Å². The Morgan fingerprint density at radius 1 is 0.917 bits per heavy atom. The van der Waals surface area contributed by atoms with Crippen molar-refractivity contribution in [1.82, 2.24) is 9.80 Å². The molecule has 0 aliphatic carbocycles. The number of hydrogen-bond donors (Lipinski definition) is 0. The summed E-state index contributed by atoms with van der Waals surface area (Å²) < 4.78 is 0. The molecule has 1 aromatic carbocycles. The molecule has 0 saturated carbocycles. The van der Waals surface area contributed by atoms with E-state index in [2.05, 4.69) is 0 Å². The monoisotopic (exact) mass is 343 g/mol. The Hall–Kier alpha value is -2.34. The van der Waals surface area contributed by atoms with E-state index >= 15 is 0 Å². The lowest BCUT2D eigenvalue weighted by molar-refractivity contribution is 0.0538. The summed E-state index contributed by atoms with van der Waals surface area (Å²) in [6, 6.07) is 11.3. The molecule has 24 heavy (non-hydrogen) atoms. The lowest BCUT2D eigenvalue weighted by atomic mass is 10.1. The van der Waals surface area contributed by atoms with Crippen molar-refractivity contribution in [2.24, 2.45) is 0 Å². The van der Waals surface area contributed by atoms with E-state index in [-0.39, 0.29) is 11.8 Å². The normalized spacial score (nSPS) is 14.6. The predicted octanol–water partition coefficient (Wildman–Crippen LogP) is 2.41. The third-order valence-corrected chi connectivity index (χ3v) is 5.07. The van der Waals surface area contributed by atoms with Gasteiger partial charge in [-0.3, -0.25) is 9.59 Å². The number of rotatable bonds is 3. The summed E-state index contributed by atoms with van der Waals surface area (Å²) in [7, 11) is 3.95. The Morgan fingerprint density at radius 2 is 1.50 bits per heavy atom. The number of anilines is 1. The van der Waals surface area contributed by atoms with Crippen LogP contribution in [0.2, 0.25) is 0 Å². The molecule has 1 fully saturated rings. The molecule has 0 atom stereocenters. The van der Waals surface area contributed by atoms with Gasteiger partial charge in [0.25, 0.3) is 11.8 Å². The molecular weight excluding hydrogens is 322 g/mol. The van der Waals surface area contributed by atoms with Crippen molar-refractivity contribution in [2.45, 2.75) is 0 Å². The smallest absolute Gasteiger partial charge is 0.264 e. The largest absolute Gasteiger partial charge is 0.378 e. The quantitative estimate of drug-likeness (QED) is 0.860. The zero-order valence-electron chi connectivity index (χ0n) is 13.9. The van der Waals surface area contributed by atoms with Gasteiger partial charge in [0, 0.05) is 51.5 Å². The van der Waals surface area contributed by atoms with E-state index in [4.69, 9.17) is 0 Å². The summed E-state index contributed by atoms with van der Waals surface area (Å²) in [5, 5.41) is 1.91. The molecular formula is C18H21N3O2S. The Labute approximate surface area is 146 Å². The molecule has 2 heterocycles. The molecule has 126 valence electrons. The van der Waals surface area contributed by atoms with Crippen LogP contribution in [0.1, 0.15) is 20.0 Å². The number of amides is 2. The van der Waals surface area contributed by atoms with Gasteiger partial charge in [0.05, 0.1) is 4.88 Å². The number of thiophene rings is 1. The fourth-order valence-electron chi connectivity index (χ4n) is 2.75. The van der Waals surface area contributed by atoms with Gasteiger partial charge in [-0.25, -0.2) is 0 Å². The van der Waals surface area contributed by atoms with E-state index in [1.165, 1.54) is 11.3 Å². The van der Waals surface area contributed by atoms with Crippen molar-refractivity contribution in [1.29, 1.82) is 0 Å². The minimum absolute atomic E-state index is 0.0310. The Kier molecular flexibility index (Phi) is 4.85. The van der Waals surface area contributed by atoms with Gasteiger partial charge < -0.3 is 14.7 Å². The molecule has 0 spiro atoms. The first kappa shape index (κ1) is 16.5. The SMILES string of the molecule is CN(C)c1ccc(C(=O)N2CCN(C(=O)c3cccs3)CC2)cc1. The molecule has 0 N–H and O–H groups in total. The van der Waals surface area contributed by atoms with Crippen LogP contribution < -0.4 is 4.90 Å². The fraction of sp³-hybridized carbons (Fsp3) is 0.333. The molecule has 3 rings (SSSR count). The van der Waals surface area contributed by atoms with E-state index in [0.29, 0.717) is 31.7 Å². The van der Waals surface area contributed by atoms with Gasteiger partial charge in [0.2, 0.25) is 0 Å². The van der Waals surface area contributed by atoms with Crippen molar-refractivity contribution in [2.75, 3.05) is 45.2 Å². The predicted molar refractivity (Wildman–Crippen MR) is 96.9 cm³/mol. The van der Waals surface area contributed by atoms with Crippen LogP contribution in [0.5, 0.6) is 0 Å². The second kappa shape index (κ2) is 7.05. The van der Waals surface area contributed by atoms with Gasteiger partial charge in [0.1, 0.15) is 0 Å². The van der Waals surface area contributed by atoms with Gasteiger partial charge in [0.15, 0.2) is 0 Å². The molecule has 6 heteroatoms. The molecule has 0 unspecified atom stereocenters. The fourth-order valence-corrected chi connectivity index (χ4v) is 3.44. The number of hydrogen-bond acceptors (Lipinski definition) is 4. The van der Waals surface area contributed by atoms with E-state index in [1.807, 2.05) is 70.6 Å². The van der Waals surface area contributed by atoms with Crippen LogP contribution in [-0.4, -0.2) is 61.9 Å². The summed E-state index contributed by atoms with van der Waals surface area (Å²) in [5.74, 6) is 0.0935. The van der Waals surface area contributed by atoms with Gasteiger partial charge in [-0.15, -0.1) is 11.3 Å². The minimum atomic E-state index is 0.0310. The molecule has 1 aliphatic rings. The van der Waals surface area contributed by atoms with Crippen LogP contribution in [0, 0.1) is 0 Å². The molecule has 2 aromatic rings. The number of piperazine rings is 1. The van der Waals surface area contributed by atoms with E-state index in [0.717, 1.165) is 10.6 Å². The summed E-state index contributed by atoms with van der Waals surface area (Å²) >= 11 is 1.46. The van der Waals surface area contributed by atoms with Crippen LogP contribution in [-0.2, 0) is 0 Å². The Bertz CT molecular complexity index is 702. The van der Waals surface area contributed by atoms with E-state index in [1.54, 1.807) is 0 Å². The first-order chi connectivity index (χ1) is 11.6.